The molecule has 2 nitrogen and oxygen atoms in total. The fourth-order valence-corrected chi connectivity index (χ4v) is 0.331. The zero-order valence-electron chi connectivity index (χ0n) is 5.26. The van der Waals surface area contributed by atoms with Crippen molar-refractivity contribution in [2.75, 3.05) is 13.3 Å². The van der Waals surface area contributed by atoms with Crippen molar-refractivity contribution in [3.05, 3.63) is 12.2 Å². The van der Waals surface area contributed by atoms with Crippen molar-refractivity contribution in [2.45, 2.75) is 6.92 Å². The normalized spacial score (nSPS) is 9.00. The molecule has 0 saturated heterocycles. The van der Waals surface area contributed by atoms with Crippen molar-refractivity contribution in [1.29, 1.82) is 0 Å². The molecule has 0 heterocycles. The summed E-state index contributed by atoms with van der Waals surface area (Å²) in [6.07, 6.45) is 2.18. The third kappa shape index (κ3) is 8.14. The molecular formula is C6H10FNaO2. The molecule has 0 aromatic rings. The van der Waals surface area contributed by atoms with E-state index in [1.165, 1.54) is 0 Å². The Balaban J connectivity index is 0. The van der Waals surface area contributed by atoms with Crippen LogP contribution in [0.3, 0.4) is 0 Å². The first-order chi connectivity index (χ1) is 4.31. The van der Waals surface area contributed by atoms with E-state index in [0.29, 0.717) is 6.61 Å². The average molecular weight is 156 g/mol. The van der Waals surface area contributed by atoms with E-state index in [1.807, 2.05) is 0 Å². The number of ether oxygens (including phenoxy) is 1. The van der Waals surface area contributed by atoms with Gasteiger partial charge in [-0.05, 0) is 13.0 Å². The molecule has 0 atom stereocenters. The molecule has 0 aliphatic heterocycles. The molecule has 0 N–H and O–H groups in total. The van der Waals surface area contributed by atoms with Crippen molar-refractivity contribution in [3.63, 3.8) is 0 Å². The second-order valence-corrected chi connectivity index (χ2v) is 1.31. The van der Waals surface area contributed by atoms with E-state index >= 15 is 0 Å². The first-order valence-corrected chi connectivity index (χ1v) is 2.70. The molecule has 0 saturated carbocycles. The predicted octanol–water partition coefficient (Wildman–Crippen LogP) is 0.427. The van der Waals surface area contributed by atoms with Gasteiger partial charge < -0.3 is 4.74 Å². The average Bonchev–Trinajstić information content (AvgIpc) is 1.85. The number of esters is 1. The van der Waals surface area contributed by atoms with Gasteiger partial charge in [0.2, 0.25) is 0 Å². The SMILES string of the molecule is CCOC(=O)C=CCF.[NaH]. The summed E-state index contributed by atoms with van der Waals surface area (Å²) >= 11 is 0. The quantitative estimate of drug-likeness (QED) is 0.336. The van der Waals surface area contributed by atoms with Gasteiger partial charge >= 0.3 is 35.5 Å². The van der Waals surface area contributed by atoms with Gasteiger partial charge in [0.05, 0.1) is 6.61 Å². The monoisotopic (exact) mass is 156 g/mol. The molecule has 0 unspecified atom stereocenters. The van der Waals surface area contributed by atoms with E-state index in [-0.39, 0.29) is 29.6 Å². The van der Waals surface area contributed by atoms with Gasteiger partial charge in [0.25, 0.3) is 0 Å². The van der Waals surface area contributed by atoms with Gasteiger partial charge in [0.1, 0.15) is 6.67 Å². The predicted molar refractivity (Wildman–Crippen MR) is 38.9 cm³/mol. The van der Waals surface area contributed by atoms with Gasteiger partial charge in [-0.15, -0.1) is 0 Å². The van der Waals surface area contributed by atoms with E-state index in [0.717, 1.165) is 12.2 Å². The molecule has 0 radical (unpaired) electrons. The van der Waals surface area contributed by atoms with Crippen molar-refractivity contribution < 1.29 is 13.9 Å². The van der Waals surface area contributed by atoms with Crippen LogP contribution in [0.25, 0.3) is 0 Å². The summed E-state index contributed by atoms with van der Waals surface area (Å²) in [6, 6.07) is 0. The Morgan fingerprint density at radius 3 is 2.70 bits per heavy atom. The molecule has 0 aromatic heterocycles. The van der Waals surface area contributed by atoms with E-state index in [2.05, 4.69) is 4.74 Å². The zero-order valence-corrected chi connectivity index (χ0v) is 5.26. The topological polar surface area (TPSA) is 26.3 Å². The molecule has 54 valence electrons. The van der Waals surface area contributed by atoms with Gasteiger partial charge in [-0.3, -0.25) is 0 Å². The maximum atomic E-state index is 11.3. The number of carbonyl (C=O) groups excluding carboxylic acids is 1. The second kappa shape index (κ2) is 9.14. The van der Waals surface area contributed by atoms with Crippen LogP contribution in [0.1, 0.15) is 6.92 Å². The van der Waals surface area contributed by atoms with Crippen LogP contribution in [-0.2, 0) is 9.53 Å². The molecule has 4 heteroatoms. The molecule has 0 aliphatic rings. The molecular weight excluding hydrogens is 146 g/mol. The van der Waals surface area contributed by atoms with Crippen LogP contribution in [0, 0.1) is 0 Å². The molecule has 0 aliphatic carbocycles. The summed E-state index contributed by atoms with van der Waals surface area (Å²) in [7, 11) is 0. The molecule has 0 spiro atoms. The standard InChI is InChI=1S/C6H9FO2.Na.H/c1-2-9-6(8)4-3-5-7;;/h3-4H,2,5H2,1H3;;. The van der Waals surface area contributed by atoms with Crippen LogP contribution in [0.15, 0.2) is 12.2 Å². The third-order valence-corrected chi connectivity index (χ3v) is 0.630. The number of rotatable bonds is 3. The van der Waals surface area contributed by atoms with Crippen LogP contribution in [0.2, 0.25) is 0 Å². The molecule has 0 fully saturated rings. The Morgan fingerprint density at radius 1 is 1.70 bits per heavy atom. The summed E-state index contributed by atoms with van der Waals surface area (Å²) in [5.74, 6) is -0.491. The first-order valence-electron chi connectivity index (χ1n) is 2.70. The molecule has 10 heavy (non-hydrogen) atoms. The fourth-order valence-electron chi connectivity index (χ4n) is 0.331. The van der Waals surface area contributed by atoms with Gasteiger partial charge in [0.15, 0.2) is 0 Å². The Labute approximate surface area is 81.7 Å². The van der Waals surface area contributed by atoms with Crippen LogP contribution in [0.4, 0.5) is 4.39 Å². The summed E-state index contributed by atoms with van der Waals surface area (Å²) < 4.78 is 15.8. The number of hydrogen-bond acceptors (Lipinski definition) is 2. The summed E-state index contributed by atoms with van der Waals surface area (Å²) in [5, 5.41) is 0. The minimum absolute atomic E-state index is 0. The number of hydrogen-bond donors (Lipinski definition) is 0. The van der Waals surface area contributed by atoms with Crippen molar-refractivity contribution >= 4 is 35.5 Å². The van der Waals surface area contributed by atoms with E-state index in [4.69, 9.17) is 0 Å². The van der Waals surface area contributed by atoms with Gasteiger partial charge in [-0.25, -0.2) is 9.18 Å². The molecule has 0 rings (SSSR count). The van der Waals surface area contributed by atoms with E-state index < -0.39 is 12.6 Å². The summed E-state index contributed by atoms with van der Waals surface area (Å²) in [4.78, 5) is 10.3. The van der Waals surface area contributed by atoms with Crippen LogP contribution in [-0.4, -0.2) is 48.8 Å². The van der Waals surface area contributed by atoms with Crippen LogP contribution in [0.5, 0.6) is 0 Å². The van der Waals surface area contributed by atoms with Crippen LogP contribution >= 0.6 is 0 Å². The van der Waals surface area contributed by atoms with Gasteiger partial charge in [0, 0.05) is 6.08 Å². The summed E-state index contributed by atoms with van der Waals surface area (Å²) in [6.45, 7) is 1.40. The number of halogens is 1. The van der Waals surface area contributed by atoms with E-state index in [9.17, 15) is 9.18 Å². The second-order valence-electron chi connectivity index (χ2n) is 1.31. The van der Waals surface area contributed by atoms with Gasteiger partial charge in [-0.2, -0.15) is 0 Å². The van der Waals surface area contributed by atoms with Gasteiger partial charge in [-0.1, -0.05) is 0 Å². The first kappa shape index (κ1) is 12.8. The third-order valence-electron chi connectivity index (χ3n) is 0.630. The summed E-state index contributed by atoms with van der Waals surface area (Å²) in [5.41, 5.74) is 0. The van der Waals surface area contributed by atoms with Crippen molar-refractivity contribution in [3.8, 4) is 0 Å². The number of carbonyl (C=O) groups is 1. The van der Waals surface area contributed by atoms with Crippen LogP contribution < -0.4 is 0 Å². The Bertz CT molecular complexity index is 114. The number of alkyl halides is 1. The maximum absolute atomic E-state index is 11.3. The number of allylic oxidation sites excluding steroid dienone is 1. The molecule has 0 bridgehead atoms. The Kier molecular flexibility index (Phi) is 11.7. The molecule has 0 aromatic carbocycles. The Hall–Kier alpha value is 0.140. The zero-order chi connectivity index (χ0) is 7.11. The fraction of sp³-hybridized carbons (Fsp3) is 0.500. The van der Waals surface area contributed by atoms with Crippen molar-refractivity contribution in [1.82, 2.24) is 0 Å². The molecule has 0 amide bonds. The Morgan fingerprint density at radius 2 is 2.30 bits per heavy atom. The van der Waals surface area contributed by atoms with E-state index in [1.54, 1.807) is 6.92 Å². The van der Waals surface area contributed by atoms with Crippen molar-refractivity contribution in [2.24, 2.45) is 0 Å². The minimum atomic E-state index is -0.626.